The molecule has 2 saturated carbocycles. The summed E-state index contributed by atoms with van der Waals surface area (Å²) in [7, 11) is 1.81. The number of carbonyl (C=O) groups excluding carboxylic acids is 1. The zero-order valence-corrected chi connectivity index (χ0v) is 18.3. The van der Waals surface area contributed by atoms with Gasteiger partial charge in [-0.2, -0.15) is 10.4 Å². The van der Waals surface area contributed by atoms with Crippen LogP contribution in [0.4, 0.5) is 4.39 Å². The molecular formula is C23H26ClFN4O. The van der Waals surface area contributed by atoms with Gasteiger partial charge >= 0.3 is 0 Å². The van der Waals surface area contributed by atoms with Crippen molar-refractivity contribution in [3.05, 3.63) is 28.7 Å². The molecule has 0 spiro atoms. The first-order valence-electron chi connectivity index (χ1n) is 10.7. The molecular weight excluding hydrogens is 403 g/mol. The van der Waals surface area contributed by atoms with E-state index in [0.717, 1.165) is 37.6 Å². The summed E-state index contributed by atoms with van der Waals surface area (Å²) < 4.78 is 15.9. The monoisotopic (exact) mass is 428 g/mol. The highest BCUT2D eigenvalue weighted by molar-refractivity contribution is 6.35. The van der Waals surface area contributed by atoms with Crippen molar-refractivity contribution in [1.29, 1.82) is 5.26 Å². The summed E-state index contributed by atoms with van der Waals surface area (Å²) in [4.78, 5) is 15.6. The van der Waals surface area contributed by atoms with Crippen molar-refractivity contribution < 1.29 is 9.18 Å². The molecule has 4 aliphatic rings. The van der Waals surface area contributed by atoms with Gasteiger partial charge in [0.1, 0.15) is 5.82 Å². The van der Waals surface area contributed by atoms with Crippen molar-refractivity contribution in [3.8, 4) is 6.07 Å². The number of rotatable bonds is 3. The minimum absolute atomic E-state index is 0.0574. The number of benzene rings is 1. The van der Waals surface area contributed by atoms with E-state index in [1.807, 2.05) is 13.8 Å². The molecule has 2 aliphatic heterocycles. The lowest BCUT2D eigenvalue weighted by atomic mass is 9.56. The normalized spacial score (nSPS) is 30.1. The van der Waals surface area contributed by atoms with E-state index in [1.54, 1.807) is 17.8 Å². The van der Waals surface area contributed by atoms with E-state index >= 15 is 0 Å². The van der Waals surface area contributed by atoms with Crippen LogP contribution >= 0.6 is 11.6 Å². The highest BCUT2D eigenvalue weighted by atomic mass is 35.5. The quantitative estimate of drug-likeness (QED) is 0.710. The highest BCUT2D eigenvalue weighted by Crippen LogP contribution is 2.56. The van der Waals surface area contributed by atoms with Crippen molar-refractivity contribution in [2.75, 3.05) is 0 Å². The molecule has 4 bridgehead atoms. The number of hydrogen-bond acceptors (Lipinski definition) is 3. The second-order valence-electron chi connectivity index (χ2n) is 10.2. The molecule has 2 saturated heterocycles. The van der Waals surface area contributed by atoms with E-state index in [0.29, 0.717) is 17.0 Å². The smallest absolute Gasteiger partial charge is 0.224 e. The van der Waals surface area contributed by atoms with Gasteiger partial charge in [0, 0.05) is 36.4 Å². The van der Waals surface area contributed by atoms with Crippen molar-refractivity contribution in [3.63, 3.8) is 0 Å². The van der Waals surface area contributed by atoms with Gasteiger partial charge in [0.2, 0.25) is 5.91 Å². The maximum Gasteiger partial charge on any atom is 0.224 e. The van der Waals surface area contributed by atoms with Crippen LogP contribution in [0.15, 0.2) is 12.1 Å². The average molecular weight is 429 g/mol. The van der Waals surface area contributed by atoms with Crippen LogP contribution in [0.1, 0.15) is 58.1 Å². The molecule has 5 nitrogen and oxygen atoms in total. The average Bonchev–Trinajstić information content (AvgIpc) is 3.02. The number of piperidine rings is 2. The maximum absolute atomic E-state index is 14.2. The van der Waals surface area contributed by atoms with Crippen molar-refractivity contribution in [2.45, 2.75) is 69.9 Å². The lowest BCUT2D eigenvalue weighted by molar-refractivity contribution is -0.154. The summed E-state index contributed by atoms with van der Waals surface area (Å²) in [5.41, 5.74) is 0.569. The summed E-state index contributed by atoms with van der Waals surface area (Å²) in [5.74, 6) is 0.195. The largest absolute Gasteiger partial charge is 0.337 e. The third-order valence-electron chi connectivity index (χ3n) is 7.60. The van der Waals surface area contributed by atoms with Crippen LogP contribution in [-0.2, 0) is 17.3 Å². The van der Waals surface area contributed by atoms with Gasteiger partial charge in [0.05, 0.1) is 27.7 Å². The number of aryl methyl sites for hydroxylation is 1. The van der Waals surface area contributed by atoms with Crippen molar-refractivity contribution in [1.82, 2.24) is 14.7 Å². The molecule has 0 N–H and O–H groups in total. The van der Waals surface area contributed by atoms with Crippen molar-refractivity contribution >= 4 is 28.4 Å². The van der Waals surface area contributed by atoms with Crippen LogP contribution < -0.4 is 0 Å². The van der Waals surface area contributed by atoms with Crippen LogP contribution in [0.2, 0.25) is 5.02 Å². The number of aromatic nitrogens is 2. The molecule has 4 fully saturated rings. The first-order valence-corrected chi connectivity index (χ1v) is 11.1. The predicted octanol–water partition coefficient (Wildman–Crippen LogP) is 4.72. The second kappa shape index (κ2) is 6.43. The zero-order valence-electron chi connectivity index (χ0n) is 17.6. The van der Waals surface area contributed by atoms with Crippen LogP contribution in [0.5, 0.6) is 0 Å². The summed E-state index contributed by atoms with van der Waals surface area (Å²) in [6, 6.07) is 5.93. The summed E-state index contributed by atoms with van der Waals surface area (Å²) in [6.07, 6.45) is 4.89. The van der Waals surface area contributed by atoms with Crippen LogP contribution in [0.25, 0.3) is 10.9 Å². The maximum atomic E-state index is 14.2. The van der Waals surface area contributed by atoms with E-state index in [2.05, 4.69) is 16.1 Å². The highest BCUT2D eigenvalue weighted by Gasteiger charge is 2.56. The number of carbonyl (C=O) groups is 1. The molecule has 1 amide bonds. The van der Waals surface area contributed by atoms with Gasteiger partial charge in [-0.25, -0.2) is 4.39 Å². The van der Waals surface area contributed by atoms with Crippen LogP contribution in [-0.4, -0.2) is 32.7 Å². The molecule has 0 radical (unpaired) electrons. The minimum atomic E-state index is -0.602. The summed E-state index contributed by atoms with van der Waals surface area (Å²) in [6.45, 7) is 3.95. The number of nitriles is 1. The van der Waals surface area contributed by atoms with E-state index in [9.17, 15) is 14.4 Å². The Balaban J connectivity index is 1.45. The second-order valence-corrected chi connectivity index (χ2v) is 10.6. The molecule has 6 rings (SSSR count). The molecule has 158 valence electrons. The van der Waals surface area contributed by atoms with E-state index in [1.165, 1.54) is 6.07 Å². The molecule has 2 aliphatic carbocycles. The number of fused-ring (bicyclic) bond motifs is 1. The fourth-order valence-corrected chi connectivity index (χ4v) is 6.74. The first kappa shape index (κ1) is 19.8. The summed E-state index contributed by atoms with van der Waals surface area (Å²) >= 11 is 6.31. The standard InChI is InChI=1S/C23H26ClFN4O/c1-22(2,21-19-17(28(3)27-21)5-4-16(25)20(19)24)11-18(30)29-14-6-13-7-15(29)10-23(8-13,9-14)12-26/h4-5,13-15H,6-11H2,1-3H3. The SMILES string of the molecule is Cn1nc(C(C)(C)CC(=O)N2C3CC4CC2CC(C#N)(C4)C3)c2c(Cl)c(F)ccc21. The molecule has 2 atom stereocenters. The van der Waals surface area contributed by atoms with E-state index < -0.39 is 11.2 Å². The fourth-order valence-electron chi connectivity index (χ4n) is 6.49. The molecule has 2 unspecified atom stereocenters. The van der Waals surface area contributed by atoms with E-state index in [4.69, 9.17) is 11.6 Å². The lowest BCUT2D eigenvalue weighted by Crippen LogP contribution is -2.63. The third-order valence-corrected chi connectivity index (χ3v) is 7.97. The molecule has 3 heterocycles. The lowest BCUT2D eigenvalue weighted by Gasteiger charge is -2.59. The molecule has 7 heteroatoms. The Bertz CT molecular complexity index is 1080. The number of hydrogen-bond donors (Lipinski definition) is 0. The number of halogens is 2. The van der Waals surface area contributed by atoms with Gasteiger partial charge in [-0.3, -0.25) is 9.48 Å². The Morgan fingerprint density at radius 1 is 1.33 bits per heavy atom. The Hall–Kier alpha value is -2.13. The topological polar surface area (TPSA) is 61.9 Å². The minimum Gasteiger partial charge on any atom is -0.337 e. The Morgan fingerprint density at radius 2 is 2.00 bits per heavy atom. The van der Waals surface area contributed by atoms with Gasteiger partial charge < -0.3 is 4.90 Å². The van der Waals surface area contributed by atoms with Gasteiger partial charge in [-0.05, 0) is 50.2 Å². The van der Waals surface area contributed by atoms with E-state index in [-0.39, 0.29) is 34.8 Å². The zero-order chi connectivity index (χ0) is 21.4. The third kappa shape index (κ3) is 2.78. The van der Waals surface area contributed by atoms with Gasteiger partial charge in [-0.1, -0.05) is 25.4 Å². The Morgan fingerprint density at radius 3 is 2.63 bits per heavy atom. The van der Waals surface area contributed by atoms with Gasteiger partial charge in [0.15, 0.2) is 0 Å². The first-order chi connectivity index (χ1) is 14.1. The molecule has 2 aromatic rings. The van der Waals surface area contributed by atoms with Gasteiger partial charge in [-0.15, -0.1) is 0 Å². The van der Waals surface area contributed by atoms with Crippen LogP contribution in [0, 0.1) is 28.5 Å². The predicted molar refractivity (Wildman–Crippen MR) is 112 cm³/mol. The summed E-state index contributed by atoms with van der Waals surface area (Å²) in [5, 5.41) is 15.0. The molecule has 1 aromatic heterocycles. The number of amides is 1. The van der Waals surface area contributed by atoms with Crippen molar-refractivity contribution in [2.24, 2.45) is 18.4 Å². The number of nitrogens with zero attached hydrogens (tertiary/aromatic N) is 4. The molecule has 30 heavy (non-hydrogen) atoms. The molecule has 1 aromatic carbocycles. The Labute approximate surface area is 180 Å². The Kier molecular flexibility index (Phi) is 4.25. The van der Waals surface area contributed by atoms with Gasteiger partial charge in [0.25, 0.3) is 0 Å². The fraction of sp³-hybridized carbons (Fsp3) is 0.609. The van der Waals surface area contributed by atoms with Crippen LogP contribution in [0.3, 0.4) is 0 Å².